The lowest BCUT2D eigenvalue weighted by Crippen LogP contribution is -2.28. The normalized spacial score (nSPS) is 10.8. The first-order valence-corrected chi connectivity index (χ1v) is 10.9. The maximum atomic E-state index is 13.1. The van der Waals surface area contributed by atoms with E-state index in [4.69, 9.17) is 4.98 Å². The van der Waals surface area contributed by atoms with Crippen molar-refractivity contribution in [1.82, 2.24) is 20.1 Å². The summed E-state index contributed by atoms with van der Waals surface area (Å²) in [4.78, 5) is 30.0. The van der Waals surface area contributed by atoms with Crippen LogP contribution in [-0.4, -0.2) is 33.1 Å². The molecule has 0 fully saturated rings. The smallest absolute Gasteiger partial charge is 0.252 e. The lowest BCUT2D eigenvalue weighted by molar-refractivity contribution is -0.116. The summed E-state index contributed by atoms with van der Waals surface area (Å²) in [6, 6.07) is 18.8. The van der Waals surface area contributed by atoms with E-state index in [-0.39, 0.29) is 24.8 Å². The second-order valence-electron chi connectivity index (χ2n) is 7.39. The monoisotopic (exact) mass is 491 g/mol. The molecule has 2 heterocycles. The number of halogens is 1. The first kappa shape index (κ1) is 21.7. The summed E-state index contributed by atoms with van der Waals surface area (Å²) in [6.07, 6.45) is 0.160. The first-order chi connectivity index (χ1) is 15.4. The molecule has 8 heteroatoms. The maximum absolute atomic E-state index is 13.1. The third kappa shape index (κ3) is 4.70. The minimum Gasteiger partial charge on any atom is -0.351 e. The number of anilines is 1. The highest BCUT2D eigenvalue weighted by molar-refractivity contribution is 9.10. The molecule has 0 spiro atoms. The van der Waals surface area contributed by atoms with Crippen LogP contribution in [0.5, 0.6) is 0 Å². The van der Waals surface area contributed by atoms with Crippen molar-refractivity contribution in [3.63, 3.8) is 0 Å². The molecule has 2 aromatic carbocycles. The van der Waals surface area contributed by atoms with Crippen LogP contribution in [-0.2, 0) is 11.8 Å². The molecule has 2 amide bonds. The van der Waals surface area contributed by atoms with Gasteiger partial charge in [0.05, 0.1) is 22.3 Å². The third-order valence-electron chi connectivity index (χ3n) is 5.05. The van der Waals surface area contributed by atoms with Crippen molar-refractivity contribution in [1.29, 1.82) is 0 Å². The van der Waals surface area contributed by atoms with Gasteiger partial charge in [0.15, 0.2) is 5.65 Å². The van der Waals surface area contributed by atoms with Crippen molar-refractivity contribution in [2.45, 2.75) is 13.3 Å². The molecule has 0 aliphatic carbocycles. The van der Waals surface area contributed by atoms with Crippen LogP contribution >= 0.6 is 15.9 Å². The van der Waals surface area contributed by atoms with Crippen LogP contribution in [0.4, 0.5) is 5.69 Å². The van der Waals surface area contributed by atoms with Crippen molar-refractivity contribution >= 4 is 44.5 Å². The summed E-state index contributed by atoms with van der Waals surface area (Å²) < 4.78 is 2.62. The number of amides is 2. The first-order valence-electron chi connectivity index (χ1n) is 10.2. The highest BCUT2D eigenvalue weighted by atomic mass is 79.9. The molecular formula is C24H22BrN5O2. The summed E-state index contributed by atoms with van der Waals surface area (Å²) in [7, 11) is 1.81. The van der Waals surface area contributed by atoms with Gasteiger partial charge in [-0.3, -0.25) is 14.3 Å². The number of pyridine rings is 1. The van der Waals surface area contributed by atoms with Gasteiger partial charge < -0.3 is 10.6 Å². The van der Waals surface area contributed by atoms with Crippen molar-refractivity contribution in [3.8, 4) is 11.3 Å². The Morgan fingerprint density at radius 3 is 2.50 bits per heavy atom. The van der Waals surface area contributed by atoms with Gasteiger partial charge in [0.2, 0.25) is 5.91 Å². The van der Waals surface area contributed by atoms with Gasteiger partial charge in [0.25, 0.3) is 5.91 Å². The Labute approximate surface area is 194 Å². The summed E-state index contributed by atoms with van der Waals surface area (Å²) in [6.45, 7) is 2.07. The minimum atomic E-state index is -0.262. The molecule has 0 unspecified atom stereocenters. The summed E-state index contributed by atoms with van der Waals surface area (Å²) in [5, 5.41) is 10.8. The molecule has 0 radical (unpaired) electrons. The number of fused-ring (bicyclic) bond motifs is 1. The molecule has 4 rings (SSSR count). The second-order valence-corrected chi connectivity index (χ2v) is 8.31. The molecule has 0 saturated heterocycles. The Morgan fingerprint density at radius 1 is 1.06 bits per heavy atom. The van der Waals surface area contributed by atoms with Crippen LogP contribution in [0.25, 0.3) is 22.3 Å². The molecular weight excluding hydrogens is 470 g/mol. The minimum absolute atomic E-state index is 0.160. The number of hydrogen-bond donors (Lipinski definition) is 2. The van der Waals surface area contributed by atoms with Crippen LogP contribution in [0.15, 0.2) is 65.1 Å². The molecule has 0 atom stereocenters. The number of rotatable bonds is 6. The van der Waals surface area contributed by atoms with Gasteiger partial charge in [0, 0.05) is 35.7 Å². The quantitative estimate of drug-likeness (QED) is 0.416. The second kappa shape index (κ2) is 9.32. The van der Waals surface area contributed by atoms with Gasteiger partial charge in [-0.1, -0.05) is 46.3 Å². The van der Waals surface area contributed by atoms with E-state index in [1.54, 1.807) is 10.7 Å². The van der Waals surface area contributed by atoms with Gasteiger partial charge in [-0.25, -0.2) is 4.98 Å². The Bertz CT molecular complexity index is 1280. The predicted molar refractivity (Wildman–Crippen MR) is 128 cm³/mol. The van der Waals surface area contributed by atoms with Gasteiger partial charge in [-0.05, 0) is 37.3 Å². The number of nitrogens with one attached hydrogen (secondary N) is 2. The van der Waals surface area contributed by atoms with E-state index in [1.807, 2.05) is 68.6 Å². The van der Waals surface area contributed by atoms with Gasteiger partial charge >= 0.3 is 0 Å². The molecule has 0 saturated carbocycles. The Morgan fingerprint density at radius 2 is 1.78 bits per heavy atom. The summed E-state index contributed by atoms with van der Waals surface area (Å²) in [5.74, 6) is -0.433. The van der Waals surface area contributed by atoms with Crippen molar-refractivity contribution in [2.24, 2.45) is 7.05 Å². The highest BCUT2D eigenvalue weighted by Gasteiger charge is 2.19. The van der Waals surface area contributed by atoms with Gasteiger partial charge in [-0.2, -0.15) is 5.10 Å². The predicted octanol–water partition coefficient (Wildman–Crippen LogP) is 4.46. The van der Waals surface area contributed by atoms with Crippen LogP contribution in [0.3, 0.4) is 0 Å². The van der Waals surface area contributed by atoms with E-state index in [0.717, 1.165) is 15.7 Å². The number of nitrogens with zero attached hydrogens (tertiary/aromatic N) is 3. The zero-order chi connectivity index (χ0) is 22.7. The van der Waals surface area contributed by atoms with Crippen molar-refractivity contribution < 1.29 is 9.59 Å². The molecule has 2 N–H and O–H groups in total. The highest BCUT2D eigenvalue weighted by Crippen LogP contribution is 2.26. The van der Waals surface area contributed by atoms with E-state index in [1.165, 1.54) is 0 Å². The molecule has 0 bridgehead atoms. The standard InChI is InChI=1S/C24H22BrN5O2/c1-15-22-19(14-20(16-6-4-3-5-7-16)28-23(22)30(2)29-15)24(32)26-13-12-21(31)27-18-10-8-17(25)9-11-18/h3-11,14H,12-13H2,1-2H3,(H,26,32)(H,27,31). The SMILES string of the molecule is Cc1nn(C)c2nc(-c3ccccc3)cc(C(=O)NCCC(=O)Nc3ccc(Br)cc3)c12. The average molecular weight is 492 g/mol. The van der Waals surface area contributed by atoms with E-state index in [9.17, 15) is 9.59 Å². The molecule has 0 aliphatic heterocycles. The molecule has 2 aromatic heterocycles. The van der Waals surface area contributed by atoms with Crippen molar-refractivity contribution in [3.05, 3.63) is 76.4 Å². The summed E-state index contributed by atoms with van der Waals surface area (Å²) in [5.41, 5.74) is 4.18. The number of aromatic nitrogens is 3. The van der Waals surface area contributed by atoms with Gasteiger partial charge in [-0.15, -0.1) is 0 Å². The average Bonchev–Trinajstić information content (AvgIpc) is 3.08. The Hall–Kier alpha value is -3.52. The maximum Gasteiger partial charge on any atom is 0.252 e. The summed E-state index contributed by atoms with van der Waals surface area (Å²) >= 11 is 3.36. The fourth-order valence-electron chi connectivity index (χ4n) is 3.52. The van der Waals surface area contributed by atoms with Crippen molar-refractivity contribution in [2.75, 3.05) is 11.9 Å². The van der Waals surface area contributed by atoms with Crippen LogP contribution in [0.1, 0.15) is 22.5 Å². The van der Waals surface area contributed by atoms with Crippen LogP contribution < -0.4 is 10.6 Å². The zero-order valence-corrected chi connectivity index (χ0v) is 19.3. The Kier molecular flexibility index (Phi) is 6.32. The molecule has 4 aromatic rings. The van der Waals surface area contributed by atoms with Gasteiger partial charge in [0.1, 0.15) is 0 Å². The third-order valence-corrected chi connectivity index (χ3v) is 5.58. The fraction of sp³-hybridized carbons (Fsp3) is 0.167. The van der Waals surface area contributed by atoms with Crippen LogP contribution in [0.2, 0.25) is 0 Å². The largest absolute Gasteiger partial charge is 0.351 e. The molecule has 162 valence electrons. The number of benzene rings is 2. The number of hydrogen-bond acceptors (Lipinski definition) is 4. The Balaban J connectivity index is 1.51. The van der Waals surface area contributed by atoms with Crippen LogP contribution in [0, 0.1) is 6.92 Å². The van der Waals surface area contributed by atoms with E-state index >= 15 is 0 Å². The molecule has 32 heavy (non-hydrogen) atoms. The number of aryl methyl sites for hydroxylation is 2. The molecule has 7 nitrogen and oxygen atoms in total. The number of carbonyl (C=O) groups is 2. The van der Waals surface area contributed by atoms with E-state index < -0.39 is 0 Å². The lowest BCUT2D eigenvalue weighted by Gasteiger charge is -2.10. The topological polar surface area (TPSA) is 88.9 Å². The number of carbonyl (C=O) groups excluding carboxylic acids is 2. The lowest BCUT2D eigenvalue weighted by atomic mass is 10.0. The zero-order valence-electron chi connectivity index (χ0n) is 17.7. The van der Waals surface area contributed by atoms with E-state index in [0.29, 0.717) is 28.0 Å². The van der Waals surface area contributed by atoms with E-state index in [2.05, 4.69) is 31.7 Å². The molecule has 0 aliphatic rings. The fourth-order valence-corrected chi connectivity index (χ4v) is 3.79.